The number of thiazole rings is 1. The van der Waals surface area contributed by atoms with Gasteiger partial charge in [-0.15, -0.1) is 0 Å². The molecule has 1 saturated heterocycles. The molecule has 1 aliphatic heterocycles. The first-order valence-electron chi connectivity index (χ1n) is 15.4. The number of aromatic nitrogens is 2. The van der Waals surface area contributed by atoms with Crippen LogP contribution in [-0.2, 0) is 14.3 Å². The van der Waals surface area contributed by atoms with Crippen LogP contribution in [0.2, 0.25) is 0 Å². The smallest absolute Gasteiger partial charge is 0.411 e. The molecule has 2 aromatic heterocycles. The van der Waals surface area contributed by atoms with Crippen molar-refractivity contribution in [2.45, 2.75) is 77.9 Å². The van der Waals surface area contributed by atoms with Crippen LogP contribution in [0.1, 0.15) is 65.0 Å². The molecule has 5 rings (SSSR count). The molecule has 12 heteroatoms. The lowest BCUT2D eigenvalue weighted by atomic mass is 9.98. The van der Waals surface area contributed by atoms with Gasteiger partial charge >= 0.3 is 12.2 Å². The molecule has 0 radical (unpaired) electrons. The van der Waals surface area contributed by atoms with Gasteiger partial charge in [0.05, 0.1) is 21.6 Å². The molecule has 0 unspecified atom stereocenters. The Bertz CT molecular complexity index is 1490. The van der Waals surface area contributed by atoms with E-state index < -0.39 is 11.7 Å². The minimum atomic E-state index is -0.516. The van der Waals surface area contributed by atoms with E-state index in [0.717, 1.165) is 47.0 Å². The van der Waals surface area contributed by atoms with E-state index in [2.05, 4.69) is 25.5 Å². The normalized spacial score (nSPS) is 16.5. The highest BCUT2D eigenvalue weighted by molar-refractivity contribution is 7.22. The van der Waals surface area contributed by atoms with Crippen LogP contribution in [-0.4, -0.2) is 82.3 Å². The molecule has 0 spiro atoms. The average Bonchev–Trinajstić information content (AvgIpc) is 3.38. The lowest BCUT2D eigenvalue weighted by Gasteiger charge is -2.35. The zero-order valence-electron chi connectivity index (χ0n) is 26.0. The van der Waals surface area contributed by atoms with E-state index >= 15 is 0 Å². The molecule has 3 amide bonds. The first-order chi connectivity index (χ1) is 21.0. The van der Waals surface area contributed by atoms with E-state index in [9.17, 15) is 14.4 Å². The predicted octanol–water partition coefficient (Wildman–Crippen LogP) is 6.43. The van der Waals surface area contributed by atoms with Crippen LogP contribution in [0.4, 0.5) is 20.4 Å². The van der Waals surface area contributed by atoms with Gasteiger partial charge in [0, 0.05) is 50.9 Å². The number of hydrogen-bond acceptors (Lipinski definition) is 9. The summed E-state index contributed by atoms with van der Waals surface area (Å²) in [5.41, 5.74) is 3.40. The largest absolute Gasteiger partial charge is 0.446 e. The molecule has 236 valence electrons. The number of amides is 3. The van der Waals surface area contributed by atoms with Crippen LogP contribution >= 0.6 is 11.3 Å². The number of hydrogen-bond donors (Lipinski definition) is 2. The lowest BCUT2D eigenvalue weighted by Crippen LogP contribution is -2.50. The maximum absolute atomic E-state index is 12.7. The number of nitrogens with one attached hydrogen (secondary N) is 2. The van der Waals surface area contributed by atoms with Gasteiger partial charge in [0.25, 0.3) is 0 Å². The number of piperazine rings is 1. The molecule has 2 fully saturated rings. The Balaban J connectivity index is 1.13. The molecule has 2 N–H and O–H groups in total. The molecule has 1 aromatic carbocycles. The molecule has 2 aliphatic rings. The minimum absolute atomic E-state index is 0.0230. The number of benzene rings is 1. The molecular formula is C32H42N6O5S. The molecule has 0 bridgehead atoms. The highest BCUT2D eigenvalue weighted by Crippen LogP contribution is 2.32. The fraction of sp³-hybridized carbons (Fsp3) is 0.531. The predicted molar refractivity (Wildman–Crippen MR) is 172 cm³/mol. The van der Waals surface area contributed by atoms with Crippen molar-refractivity contribution >= 4 is 50.5 Å². The van der Waals surface area contributed by atoms with Crippen molar-refractivity contribution in [1.29, 1.82) is 0 Å². The van der Waals surface area contributed by atoms with Crippen molar-refractivity contribution in [3.8, 4) is 11.1 Å². The summed E-state index contributed by atoms with van der Waals surface area (Å²) in [5.74, 6) is -0.0996. The summed E-state index contributed by atoms with van der Waals surface area (Å²) >= 11 is 1.42. The van der Waals surface area contributed by atoms with Gasteiger partial charge in [-0.3, -0.25) is 20.0 Å². The Morgan fingerprint density at radius 3 is 2.48 bits per heavy atom. The van der Waals surface area contributed by atoms with Crippen LogP contribution in [0.3, 0.4) is 0 Å². The van der Waals surface area contributed by atoms with Crippen LogP contribution < -0.4 is 10.6 Å². The van der Waals surface area contributed by atoms with Crippen molar-refractivity contribution < 1.29 is 23.9 Å². The molecule has 1 saturated carbocycles. The summed E-state index contributed by atoms with van der Waals surface area (Å²) < 4.78 is 12.0. The van der Waals surface area contributed by atoms with Crippen molar-refractivity contribution in [3.63, 3.8) is 0 Å². The quantitative estimate of drug-likeness (QED) is 0.309. The highest BCUT2D eigenvalue weighted by atomic mass is 32.1. The van der Waals surface area contributed by atoms with Crippen molar-refractivity contribution in [2.24, 2.45) is 0 Å². The highest BCUT2D eigenvalue weighted by Gasteiger charge is 2.26. The molecule has 3 heterocycles. The minimum Gasteiger partial charge on any atom is -0.446 e. The van der Waals surface area contributed by atoms with Crippen LogP contribution in [0, 0.1) is 6.92 Å². The van der Waals surface area contributed by atoms with E-state index in [4.69, 9.17) is 9.47 Å². The fourth-order valence-electron chi connectivity index (χ4n) is 5.37. The zero-order valence-corrected chi connectivity index (χ0v) is 26.8. The van der Waals surface area contributed by atoms with E-state index in [1.807, 2.05) is 52.0 Å². The molecule has 1 aliphatic carbocycles. The topological polar surface area (TPSA) is 126 Å². The first kappa shape index (κ1) is 31.6. The Morgan fingerprint density at radius 1 is 1.00 bits per heavy atom. The number of rotatable bonds is 7. The number of fused-ring (bicyclic) bond motifs is 1. The Kier molecular flexibility index (Phi) is 10.00. The van der Waals surface area contributed by atoms with E-state index in [1.54, 1.807) is 11.1 Å². The summed E-state index contributed by atoms with van der Waals surface area (Å²) in [7, 11) is 0. The van der Waals surface area contributed by atoms with Crippen molar-refractivity contribution in [3.05, 3.63) is 36.2 Å². The maximum Gasteiger partial charge on any atom is 0.411 e. The standard InChI is InChI=1S/C32H42N6O5S/c1-21-26(35-30(40)42-24-8-6-5-7-9-24)18-23(20-33-21)22-10-11-25-27(19-22)44-29(34-25)36-28(39)12-13-37-14-16-38(17-15-37)31(41)43-32(2,3)4/h10-11,18-20,24H,5-9,12-17H2,1-4H3,(H,35,40)(H,34,36,39). The summed E-state index contributed by atoms with van der Waals surface area (Å²) in [6, 6.07) is 7.80. The number of carbonyl (C=O) groups is 3. The van der Waals surface area contributed by atoms with Gasteiger partial charge in [-0.1, -0.05) is 23.8 Å². The van der Waals surface area contributed by atoms with E-state index in [-0.39, 0.29) is 18.1 Å². The van der Waals surface area contributed by atoms with Crippen LogP contribution in [0.5, 0.6) is 0 Å². The third-order valence-corrected chi connectivity index (χ3v) is 8.73. The monoisotopic (exact) mass is 622 g/mol. The molecule has 0 atom stereocenters. The van der Waals surface area contributed by atoms with Crippen LogP contribution in [0.15, 0.2) is 30.5 Å². The van der Waals surface area contributed by atoms with Gasteiger partial charge in [-0.05, 0) is 77.1 Å². The third kappa shape index (κ3) is 8.66. The summed E-state index contributed by atoms with van der Waals surface area (Å²) in [4.78, 5) is 50.5. The number of nitrogens with zero attached hydrogens (tertiary/aromatic N) is 4. The molecule has 11 nitrogen and oxygen atoms in total. The second-order valence-corrected chi connectivity index (χ2v) is 13.5. The summed E-state index contributed by atoms with van der Waals surface area (Å²) in [5, 5.41) is 6.36. The van der Waals surface area contributed by atoms with Crippen molar-refractivity contribution in [1.82, 2.24) is 19.8 Å². The maximum atomic E-state index is 12.7. The number of pyridine rings is 1. The summed E-state index contributed by atoms with van der Waals surface area (Å²) in [6.07, 6.45) is 6.57. The number of anilines is 2. The van der Waals surface area contributed by atoms with Gasteiger partial charge in [-0.2, -0.15) is 0 Å². The fourth-order valence-corrected chi connectivity index (χ4v) is 6.29. The second-order valence-electron chi connectivity index (χ2n) is 12.5. The number of aryl methyl sites for hydroxylation is 1. The SMILES string of the molecule is Cc1ncc(-c2ccc3nc(NC(=O)CCN4CCN(C(=O)OC(C)(C)C)CC4)sc3c2)cc1NC(=O)OC1CCCCC1. The van der Waals surface area contributed by atoms with Gasteiger partial charge in [0.15, 0.2) is 5.13 Å². The van der Waals surface area contributed by atoms with Crippen LogP contribution in [0.25, 0.3) is 21.3 Å². The average molecular weight is 623 g/mol. The summed E-state index contributed by atoms with van der Waals surface area (Å²) in [6.45, 7) is 10.6. The molecule has 44 heavy (non-hydrogen) atoms. The zero-order chi connectivity index (χ0) is 31.3. The Labute approximate surface area is 262 Å². The van der Waals surface area contributed by atoms with Gasteiger partial charge < -0.3 is 19.7 Å². The first-order valence-corrected chi connectivity index (χ1v) is 16.2. The van der Waals surface area contributed by atoms with Gasteiger partial charge in [0.2, 0.25) is 5.91 Å². The lowest BCUT2D eigenvalue weighted by molar-refractivity contribution is -0.116. The Morgan fingerprint density at radius 2 is 1.75 bits per heavy atom. The van der Waals surface area contributed by atoms with E-state index in [0.29, 0.717) is 55.7 Å². The van der Waals surface area contributed by atoms with Crippen molar-refractivity contribution in [2.75, 3.05) is 43.4 Å². The van der Waals surface area contributed by atoms with Gasteiger partial charge in [-0.25, -0.2) is 14.6 Å². The number of ether oxygens (including phenoxy) is 2. The molecular weight excluding hydrogens is 580 g/mol. The van der Waals surface area contributed by atoms with E-state index in [1.165, 1.54) is 17.8 Å². The second kappa shape index (κ2) is 13.9. The molecule has 3 aromatic rings. The Hall–Kier alpha value is -3.77. The van der Waals surface area contributed by atoms with Gasteiger partial charge in [0.1, 0.15) is 11.7 Å². The number of carbonyl (C=O) groups excluding carboxylic acids is 3. The third-order valence-electron chi connectivity index (χ3n) is 7.80.